The van der Waals surface area contributed by atoms with Crippen molar-refractivity contribution in [3.8, 4) is 17.9 Å². The average molecular weight is 496 g/mol. The fourth-order valence-electron chi connectivity index (χ4n) is 2.74. The zero-order chi connectivity index (χ0) is 26.3. The summed E-state index contributed by atoms with van der Waals surface area (Å²) in [6, 6.07) is 9.31. The van der Waals surface area contributed by atoms with Crippen LogP contribution >= 0.6 is 0 Å². The monoisotopic (exact) mass is 496 g/mol. The highest BCUT2D eigenvalue weighted by molar-refractivity contribution is 6.00. The van der Waals surface area contributed by atoms with Crippen LogP contribution in [0.25, 0.3) is 0 Å². The third-order valence-electron chi connectivity index (χ3n) is 4.62. The highest BCUT2D eigenvalue weighted by Gasteiger charge is 2.40. The molecule has 0 fully saturated rings. The number of esters is 1. The van der Waals surface area contributed by atoms with Crippen molar-refractivity contribution < 1.29 is 32.2 Å². The minimum atomic E-state index is -4.90. The number of nitriles is 2. The normalized spacial score (nSPS) is 12.4. The molecule has 3 heterocycles. The number of anilines is 1. The van der Waals surface area contributed by atoms with Gasteiger partial charge in [-0.3, -0.25) is 9.78 Å². The van der Waals surface area contributed by atoms with Gasteiger partial charge < -0.3 is 14.8 Å². The van der Waals surface area contributed by atoms with Crippen LogP contribution in [0.3, 0.4) is 0 Å². The summed E-state index contributed by atoms with van der Waals surface area (Å²) in [4.78, 5) is 36.8. The molecule has 0 aromatic carbocycles. The standard InChI is InChI=1S/C23H15F3N6O4/c1-22(36-20(33)14-3-2-6-29-10-14,13-35-17-5-4-15(8-27)30-12-17)21(34)32-16-7-18(23(24,25)26)19(9-28)31-11-16/h2-7,10-12H,13H2,1H3,(H,32,34)/t22-/m0/s1. The quantitative estimate of drug-likeness (QED) is 0.486. The maximum absolute atomic E-state index is 13.3. The fourth-order valence-corrected chi connectivity index (χ4v) is 2.74. The Morgan fingerprint density at radius 2 is 1.86 bits per heavy atom. The second-order valence-corrected chi connectivity index (χ2v) is 7.33. The van der Waals surface area contributed by atoms with Crippen LogP contribution in [0.15, 0.2) is 55.1 Å². The summed E-state index contributed by atoms with van der Waals surface area (Å²) in [7, 11) is 0. The number of pyridine rings is 3. The number of nitrogens with one attached hydrogen (secondary N) is 1. The third kappa shape index (κ3) is 6.09. The Kier molecular flexibility index (Phi) is 7.45. The van der Waals surface area contributed by atoms with Crippen LogP contribution in [0.5, 0.6) is 5.75 Å². The number of alkyl halides is 3. The second kappa shape index (κ2) is 10.5. The molecule has 13 heteroatoms. The molecule has 0 bridgehead atoms. The van der Waals surface area contributed by atoms with Crippen LogP contribution in [0.1, 0.15) is 34.2 Å². The average Bonchev–Trinajstić information content (AvgIpc) is 2.87. The summed E-state index contributed by atoms with van der Waals surface area (Å²) in [5, 5.41) is 20.0. The van der Waals surface area contributed by atoms with Gasteiger partial charge in [0.1, 0.15) is 30.2 Å². The summed E-state index contributed by atoms with van der Waals surface area (Å²) in [5.74, 6) is -1.86. The first-order valence-corrected chi connectivity index (χ1v) is 9.97. The van der Waals surface area contributed by atoms with Crippen molar-refractivity contribution in [1.29, 1.82) is 10.5 Å². The van der Waals surface area contributed by atoms with Gasteiger partial charge in [-0.2, -0.15) is 23.7 Å². The Bertz CT molecular complexity index is 1350. The summed E-state index contributed by atoms with van der Waals surface area (Å²) >= 11 is 0. The molecule has 3 aromatic heterocycles. The Labute approximate surface area is 202 Å². The number of carbonyl (C=O) groups excluding carboxylic acids is 2. The molecule has 1 amide bonds. The van der Waals surface area contributed by atoms with Crippen LogP contribution in [-0.2, 0) is 15.7 Å². The van der Waals surface area contributed by atoms with Crippen LogP contribution in [0.2, 0.25) is 0 Å². The maximum atomic E-state index is 13.3. The predicted octanol–water partition coefficient (Wildman–Crippen LogP) is 3.27. The van der Waals surface area contributed by atoms with Crippen molar-refractivity contribution >= 4 is 17.6 Å². The van der Waals surface area contributed by atoms with Crippen molar-refractivity contribution in [2.24, 2.45) is 0 Å². The number of nitrogens with zero attached hydrogens (tertiary/aromatic N) is 5. The van der Waals surface area contributed by atoms with Crippen molar-refractivity contribution in [3.05, 3.63) is 77.6 Å². The number of amides is 1. The second-order valence-electron chi connectivity index (χ2n) is 7.33. The van der Waals surface area contributed by atoms with Gasteiger partial charge in [0.25, 0.3) is 5.91 Å². The molecule has 0 aliphatic carbocycles. The predicted molar refractivity (Wildman–Crippen MR) is 115 cm³/mol. The maximum Gasteiger partial charge on any atom is 0.419 e. The zero-order valence-electron chi connectivity index (χ0n) is 18.4. The van der Waals surface area contributed by atoms with Gasteiger partial charge in [0, 0.05) is 12.4 Å². The van der Waals surface area contributed by atoms with Gasteiger partial charge in [-0.15, -0.1) is 0 Å². The molecule has 0 unspecified atom stereocenters. The van der Waals surface area contributed by atoms with E-state index in [1.54, 1.807) is 0 Å². The Morgan fingerprint density at radius 3 is 2.44 bits per heavy atom. The number of hydrogen-bond acceptors (Lipinski definition) is 9. The molecule has 182 valence electrons. The van der Waals surface area contributed by atoms with E-state index in [0.717, 1.165) is 6.20 Å². The van der Waals surface area contributed by atoms with E-state index in [-0.39, 0.29) is 17.0 Å². The molecule has 36 heavy (non-hydrogen) atoms. The molecule has 0 spiro atoms. The minimum Gasteiger partial charge on any atom is -0.487 e. The first kappa shape index (κ1) is 25.6. The highest BCUT2D eigenvalue weighted by atomic mass is 19.4. The topological polar surface area (TPSA) is 151 Å². The smallest absolute Gasteiger partial charge is 0.419 e. The Morgan fingerprint density at radius 1 is 1.08 bits per heavy atom. The van der Waals surface area contributed by atoms with Gasteiger partial charge in [-0.25, -0.2) is 14.8 Å². The number of aromatic nitrogens is 3. The number of carbonyl (C=O) groups is 2. The van der Waals surface area contributed by atoms with E-state index in [1.165, 1.54) is 55.8 Å². The summed E-state index contributed by atoms with van der Waals surface area (Å²) in [5.41, 5.74) is -4.56. The fraction of sp³-hybridized carbons (Fsp3) is 0.174. The molecule has 3 aromatic rings. The SMILES string of the molecule is C[C@@](COc1ccc(C#N)nc1)(OC(=O)c1cccnc1)C(=O)Nc1cnc(C#N)c(C(F)(F)F)c1. The third-order valence-corrected chi connectivity index (χ3v) is 4.62. The van der Waals surface area contributed by atoms with Crippen LogP contribution in [0.4, 0.5) is 18.9 Å². The van der Waals surface area contributed by atoms with Crippen molar-refractivity contribution in [2.75, 3.05) is 11.9 Å². The number of halogens is 3. The lowest BCUT2D eigenvalue weighted by Crippen LogP contribution is -2.49. The van der Waals surface area contributed by atoms with Crippen LogP contribution < -0.4 is 10.1 Å². The Balaban J connectivity index is 1.88. The molecule has 1 atom stereocenters. The molecule has 0 radical (unpaired) electrons. The number of hydrogen-bond donors (Lipinski definition) is 1. The first-order chi connectivity index (χ1) is 17.1. The van der Waals surface area contributed by atoms with Crippen molar-refractivity contribution in [2.45, 2.75) is 18.7 Å². The van der Waals surface area contributed by atoms with E-state index in [2.05, 4.69) is 20.3 Å². The first-order valence-electron chi connectivity index (χ1n) is 9.97. The zero-order valence-corrected chi connectivity index (χ0v) is 18.4. The van der Waals surface area contributed by atoms with Gasteiger partial charge in [-0.05, 0) is 37.3 Å². The summed E-state index contributed by atoms with van der Waals surface area (Å²) in [6.45, 7) is 0.615. The molecule has 0 aliphatic heterocycles. The lowest BCUT2D eigenvalue weighted by Gasteiger charge is -2.28. The van der Waals surface area contributed by atoms with Crippen molar-refractivity contribution in [1.82, 2.24) is 15.0 Å². The molecule has 0 saturated heterocycles. The van der Waals surface area contributed by atoms with Crippen molar-refractivity contribution in [3.63, 3.8) is 0 Å². The van der Waals surface area contributed by atoms with E-state index in [0.29, 0.717) is 6.07 Å². The molecule has 3 rings (SSSR count). The van der Waals surface area contributed by atoms with E-state index >= 15 is 0 Å². The van der Waals surface area contributed by atoms with E-state index in [1.807, 2.05) is 6.07 Å². The van der Waals surface area contributed by atoms with Crippen LogP contribution in [-0.4, -0.2) is 39.0 Å². The largest absolute Gasteiger partial charge is 0.487 e. The molecular weight excluding hydrogens is 481 g/mol. The lowest BCUT2D eigenvalue weighted by molar-refractivity contribution is -0.138. The van der Waals surface area contributed by atoms with Gasteiger partial charge in [0.2, 0.25) is 5.60 Å². The molecule has 0 saturated carbocycles. The van der Waals surface area contributed by atoms with E-state index in [9.17, 15) is 22.8 Å². The van der Waals surface area contributed by atoms with Gasteiger partial charge in [-0.1, -0.05) is 0 Å². The number of rotatable bonds is 7. The number of ether oxygens (including phenoxy) is 2. The minimum absolute atomic E-state index is 0.0102. The summed E-state index contributed by atoms with van der Waals surface area (Å²) < 4.78 is 50.8. The summed E-state index contributed by atoms with van der Waals surface area (Å²) in [6.07, 6.45) is -0.215. The van der Waals surface area contributed by atoms with Crippen LogP contribution in [0, 0.1) is 22.7 Å². The van der Waals surface area contributed by atoms with Gasteiger partial charge in [0.05, 0.1) is 29.2 Å². The van der Waals surface area contributed by atoms with Gasteiger partial charge >= 0.3 is 12.1 Å². The molecule has 10 nitrogen and oxygen atoms in total. The molecular formula is C23H15F3N6O4. The Hall–Kier alpha value is -5.04. The van der Waals surface area contributed by atoms with E-state index < -0.39 is 47.2 Å². The molecule has 0 aliphatic rings. The van der Waals surface area contributed by atoms with E-state index in [4.69, 9.17) is 20.0 Å². The highest BCUT2D eigenvalue weighted by Crippen LogP contribution is 2.33. The molecule has 1 N–H and O–H groups in total. The van der Waals surface area contributed by atoms with Gasteiger partial charge in [0.15, 0.2) is 5.69 Å². The lowest BCUT2D eigenvalue weighted by atomic mass is 10.1.